The molecule has 0 bridgehead atoms. The first-order chi connectivity index (χ1) is 8.21. The Hall–Kier alpha value is -1.78. The van der Waals surface area contributed by atoms with Crippen molar-refractivity contribution in [1.82, 2.24) is 9.55 Å². The van der Waals surface area contributed by atoms with Crippen LogP contribution in [0.25, 0.3) is 11.0 Å². The molecule has 2 aromatic rings. The summed E-state index contributed by atoms with van der Waals surface area (Å²) in [5.41, 5.74) is -0.601. The maximum absolute atomic E-state index is 13.7. The zero-order valence-electron chi connectivity index (χ0n) is 10.7. The Morgan fingerprint density at radius 2 is 2.27 bits per heavy atom. The van der Waals surface area contributed by atoms with E-state index < -0.39 is 35.7 Å². The third kappa shape index (κ3) is 1.40. The number of halogens is 2. The highest BCUT2D eigenvalue weighted by Gasteiger charge is 2.15. The number of benzene rings is 1. The maximum atomic E-state index is 13.7. The van der Waals surface area contributed by atoms with Gasteiger partial charge in [-0.1, -0.05) is 0 Å². The third-order valence-corrected chi connectivity index (χ3v) is 1.98. The molecule has 0 aliphatic carbocycles. The Bertz CT molecular complexity index is 649. The van der Waals surface area contributed by atoms with Crippen LogP contribution in [0, 0.1) is 11.6 Å². The van der Waals surface area contributed by atoms with Gasteiger partial charge in [0.2, 0.25) is 0 Å². The molecule has 0 saturated heterocycles. The quantitative estimate of drug-likeness (QED) is 0.679. The van der Waals surface area contributed by atoms with Gasteiger partial charge in [-0.3, -0.25) is 4.79 Å². The van der Waals surface area contributed by atoms with Gasteiger partial charge in [-0.25, -0.2) is 13.8 Å². The Balaban J connectivity index is 2.95. The Morgan fingerprint density at radius 3 is 2.87 bits per heavy atom. The van der Waals surface area contributed by atoms with E-state index >= 15 is 0 Å². The highest BCUT2D eigenvalue weighted by atomic mass is 19.1. The molecule has 2 rings (SSSR count). The molecule has 0 fully saturated rings. The van der Waals surface area contributed by atoms with Gasteiger partial charge in [-0.05, 0) is 0 Å². The lowest BCUT2D eigenvalue weighted by Gasteiger charge is -1.98. The summed E-state index contributed by atoms with van der Waals surface area (Å²) in [5.74, 6) is -3.01. The standard InChI is InChI=1S/C10H8F2N2O/c1-5(15)10-13-8-4-6(11)3-7(12)9(8)14(10)2/h3-4H,1-2H3/i2D3. The molecule has 5 heteroatoms. The Kier molecular flexibility index (Phi) is 1.38. The van der Waals surface area contributed by atoms with Crippen LogP contribution in [0.4, 0.5) is 8.78 Å². The van der Waals surface area contributed by atoms with Gasteiger partial charge in [0, 0.05) is 30.1 Å². The fraction of sp³-hybridized carbons (Fsp3) is 0.200. The molecule has 1 aromatic carbocycles. The van der Waals surface area contributed by atoms with Crippen LogP contribution in [0.5, 0.6) is 0 Å². The highest BCUT2D eigenvalue weighted by molar-refractivity contribution is 5.94. The molecule has 0 aliphatic heterocycles. The molecule has 3 nitrogen and oxygen atoms in total. The molecule has 1 aromatic heterocycles. The number of rotatable bonds is 1. The topological polar surface area (TPSA) is 34.9 Å². The minimum Gasteiger partial charge on any atom is -0.322 e. The molecule has 78 valence electrons. The van der Waals surface area contributed by atoms with E-state index in [4.69, 9.17) is 4.11 Å². The normalized spacial score (nSPS) is 14.7. The van der Waals surface area contributed by atoms with Crippen molar-refractivity contribution >= 4 is 16.8 Å². The van der Waals surface area contributed by atoms with Crippen molar-refractivity contribution in [3.8, 4) is 0 Å². The van der Waals surface area contributed by atoms with Gasteiger partial charge >= 0.3 is 0 Å². The van der Waals surface area contributed by atoms with Crippen molar-refractivity contribution in [3.63, 3.8) is 0 Å². The van der Waals surface area contributed by atoms with Gasteiger partial charge in [0.1, 0.15) is 11.3 Å². The summed E-state index contributed by atoms with van der Waals surface area (Å²) in [6.07, 6.45) is 0. The van der Waals surface area contributed by atoms with Crippen molar-refractivity contribution < 1.29 is 17.7 Å². The molecule has 0 N–H and O–H groups in total. The highest BCUT2D eigenvalue weighted by Crippen LogP contribution is 2.20. The number of carbonyl (C=O) groups is 1. The van der Waals surface area contributed by atoms with Crippen LogP contribution < -0.4 is 0 Å². The minimum absolute atomic E-state index is 0.200. The second kappa shape index (κ2) is 3.12. The van der Waals surface area contributed by atoms with Crippen LogP contribution in [-0.4, -0.2) is 15.3 Å². The average Bonchev–Trinajstić information content (AvgIpc) is 2.55. The predicted molar refractivity (Wildman–Crippen MR) is 50.6 cm³/mol. The van der Waals surface area contributed by atoms with E-state index in [-0.39, 0.29) is 5.52 Å². The van der Waals surface area contributed by atoms with Crippen molar-refractivity contribution in [2.75, 3.05) is 0 Å². The number of carbonyl (C=O) groups excluding carboxylic acids is 1. The molecule has 0 unspecified atom stereocenters. The van der Waals surface area contributed by atoms with Gasteiger partial charge in [0.15, 0.2) is 17.4 Å². The van der Waals surface area contributed by atoms with Crippen LogP contribution in [-0.2, 0) is 6.98 Å². The fourth-order valence-corrected chi connectivity index (χ4v) is 1.37. The van der Waals surface area contributed by atoms with Gasteiger partial charge in [-0.15, -0.1) is 0 Å². The van der Waals surface area contributed by atoms with Crippen molar-refractivity contribution in [2.45, 2.75) is 6.92 Å². The summed E-state index contributed by atoms with van der Waals surface area (Å²) in [6, 6.07) is 1.43. The van der Waals surface area contributed by atoms with Gasteiger partial charge in [-0.2, -0.15) is 0 Å². The monoisotopic (exact) mass is 213 g/mol. The number of ketones is 1. The van der Waals surface area contributed by atoms with Crippen LogP contribution in [0.3, 0.4) is 0 Å². The molecule has 0 atom stereocenters. The molecular formula is C10H8F2N2O. The Morgan fingerprint density at radius 1 is 1.53 bits per heavy atom. The SMILES string of the molecule is [2H]C([2H])([2H])n1c(C(C)=O)nc2cc(F)cc(F)c21. The van der Waals surface area contributed by atoms with Crippen LogP contribution in [0.1, 0.15) is 21.7 Å². The van der Waals surface area contributed by atoms with E-state index in [0.29, 0.717) is 10.6 Å². The molecule has 1 heterocycles. The molecule has 15 heavy (non-hydrogen) atoms. The number of hydrogen-bond acceptors (Lipinski definition) is 2. The van der Waals surface area contributed by atoms with E-state index in [1.54, 1.807) is 0 Å². The first-order valence-electron chi connectivity index (χ1n) is 5.60. The number of hydrogen-bond donors (Lipinski definition) is 0. The molecule has 0 radical (unpaired) electrons. The number of fused-ring (bicyclic) bond motifs is 1. The summed E-state index contributed by atoms with van der Waals surface area (Å²) in [6.45, 7) is -1.66. The second-order valence-electron chi connectivity index (χ2n) is 3.08. The summed E-state index contributed by atoms with van der Waals surface area (Å²) < 4.78 is 49.1. The maximum Gasteiger partial charge on any atom is 0.195 e. The molecule has 0 amide bonds. The fourth-order valence-electron chi connectivity index (χ4n) is 1.37. The third-order valence-electron chi connectivity index (χ3n) is 1.98. The molecule has 0 saturated carbocycles. The lowest BCUT2D eigenvalue weighted by Crippen LogP contribution is -2.03. The van der Waals surface area contributed by atoms with E-state index in [1.807, 2.05) is 0 Å². The first kappa shape index (κ1) is 6.66. The van der Waals surface area contributed by atoms with Crippen molar-refractivity contribution in [1.29, 1.82) is 0 Å². The second-order valence-corrected chi connectivity index (χ2v) is 3.08. The summed E-state index contributed by atoms with van der Waals surface area (Å²) in [4.78, 5) is 15.0. The van der Waals surface area contributed by atoms with Crippen LogP contribution in [0.15, 0.2) is 12.1 Å². The van der Waals surface area contributed by atoms with Gasteiger partial charge in [0.05, 0.1) is 5.52 Å². The van der Waals surface area contributed by atoms with Crippen molar-refractivity contribution in [2.24, 2.45) is 6.98 Å². The lowest BCUT2D eigenvalue weighted by atomic mass is 10.3. The summed E-state index contributed by atoms with van der Waals surface area (Å²) in [5, 5.41) is 0. The zero-order chi connectivity index (χ0) is 13.7. The van der Waals surface area contributed by atoms with Gasteiger partial charge < -0.3 is 4.57 Å². The predicted octanol–water partition coefficient (Wildman–Crippen LogP) is 2.05. The largest absolute Gasteiger partial charge is 0.322 e. The van der Waals surface area contributed by atoms with E-state index in [9.17, 15) is 13.6 Å². The number of aromatic nitrogens is 2. The number of nitrogens with zero attached hydrogens (tertiary/aromatic N) is 2. The first-order valence-corrected chi connectivity index (χ1v) is 4.10. The molecule has 0 aliphatic rings. The molecule has 0 spiro atoms. The lowest BCUT2D eigenvalue weighted by molar-refractivity contribution is 0.100. The van der Waals surface area contributed by atoms with E-state index in [0.717, 1.165) is 13.0 Å². The van der Waals surface area contributed by atoms with Crippen LogP contribution in [0.2, 0.25) is 0 Å². The van der Waals surface area contributed by atoms with E-state index in [2.05, 4.69) is 4.98 Å². The van der Waals surface area contributed by atoms with Crippen LogP contribution >= 0.6 is 0 Å². The average molecular weight is 213 g/mol. The molecular weight excluding hydrogens is 202 g/mol. The summed E-state index contributed by atoms with van der Waals surface area (Å²) in [7, 11) is 0. The smallest absolute Gasteiger partial charge is 0.195 e. The number of Topliss-reactive ketones (excluding diaryl/α,β-unsaturated/α-hetero) is 1. The number of aryl methyl sites for hydroxylation is 1. The van der Waals surface area contributed by atoms with Gasteiger partial charge in [0.25, 0.3) is 0 Å². The minimum atomic E-state index is -2.77. The summed E-state index contributed by atoms with van der Waals surface area (Å²) >= 11 is 0. The van der Waals surface area contributed by atoms with E-state index in [1.165, 1.54) is 0 Å². The number of imidazole rings is 1. The van der Waals surface area contributed by atoms with Crippen molar-refractivity contribution in [3.05, 3.63) is 29.6 Å². The Labute approximate surface area is 88.6 Å². The zero-order valence-corrected chi connectivity index (χ0v) is 7.71.